The van der Waals surface area contributed by atoms with Crippen LogP contribution in [0.15, 0.2) is 28.8 Å². The van der Waals surface area contributed by atoms with Crippen molar-refractivity contribution in [1.29, 1.82) is 0 Å². The molecule has 0 amide bonds. The van der Waals surface area contributed by atoms with Crippen LogP contribution >= 0.6 is 0 Å². The van der Waals surface area contributed by atoms with Crippen LogP contribution in [0.4, 0.5) is 5.69 Å². The van der Waals surface area contributed by atoms with E-state index in [0.29, 0.717) is 17.8 Å². The van der Waals surface area contributed by atoms with Gasteiger partial charge in [-0.05, 0) is 43.5 Å². The lowest BCUT2D eigenvalue weighted by molar-refractivity contribution is 0.102. The van der Waals surface area contributed by atoms with Crippen LogP contribution < -0.4 is 5.73 Å². The first-order chi connectivity index (χ1) is 9.31. The Labute approximate surface area is 111 Å². The van der Waals surface area contributed by atoms with Crippen LogP contribution in [0.5, 0.6) is 0 Å². The van der Waals surface area contributed by atoms with Gasteiger partial charge in [-0.3, -0.25) is 0 Å². The van der Waals surface area contributed by atoms with E-state index >= 15 is 0 Å². The summed E-state index contributed by atoms with van der Waals surface area (Å²) in [6, 6.07) is 7.45. The number of nitrogens with two attached hydrogens (primary N) is 1. The van der Waals surface area contributed by atoms with Crippen LogP contribution in [0.3, 0.4) is 0 Å². The first kappa shape index (κ1) is 12.2. The maximum atomic E-state index is 5.65. The summed E-state index contributed by atoms with van der Waals surface area (Å²) in [5.74, 6) is 1.28. The molecule has 1 fully saturated rings. The van der Waals surface area contributed by atoms with E-state index in [-0.39, 0.29) is 0 Å². The van der Waals surface area contributed by atoms with Crippen LogP contribution in [0.25, 0.3) is 11.4 Å². The summed E-state index contributed by atoms with van der Waals surface area (Å²) < 4.78 is 10.8. The van der Waals surface area contributed by atoms with Gasteiger partial charge in [0.1, 0.15) is 0 Å². The SMILES string of the molecule is Nc1ccc(-c2noc(CCC3CCCO3)n2)cc1. The highest BCUT2D eigenvalue weighted by atomic mass is 16.5. The minimum Gasteiger partial charge on any atom is -0.399 e. The molecule has 0 radical (unpaired) electrons. The second kappa shape index (κ2) is 5.40. The lowest BCUT2D eigenvalue weighted by atomic mass is 10.1. The average Bonchev–Trinajstić information content (AvgIpc) is 3.09. The van der Waals surface area contributed by atoms with E-state index in [1.54, 1.807) is 0 Å². The molecule has 1 saturated heterocycles. The summed E-state index contributed by atoms with van der Waals surface area (Å²) in [6.07, 6.45) is 4.37. The first-order valence-corrected chi connectivity index (χ1v) is 6.61. The predicted octanol–water partition coefficient (Wildman–Crippen LogP) is 2.43. The molecular formula is C14H17N3O2. The van der Waals surface area contributed by atoms with Crippen LogP contribution in [0.1, 0.15) is 25.2 Å². The van der Waals surface area contributed by atoms with Gasteiger partial charge in [-0.2, -0.15) is 4.98 Å². The van der Waals surface area contributed by atoms with Crippen LogP contribution in [0, 0.1) is 0 Å². The molecule has 5 nitrogen and oxygen atoms in total. The molecule has 1 aliphatic heterocycles. The first-order valence-electron chi connectivity index (χ1n) is 6.61. The number of ether oxygens (including phenoxy) is 1. The van der Waals surface area contributed by atoms with Crippen molar-refractivity contribution in [2.24, 2.45) is 0 Å². The highest BCUT2D eigenvalue weighted by molar-refractivity contribution is 5.57. The quantitative estimate of drug-likeness (QED) is 0.853. The average molecular weight is 259 g/mol. The lowest BCUT2D eigenvalue weighted by Crippen LogP contribution is -2.06. The Morgan fingerprint density at radius 1 is 1.26 bits per heavy atom. The van der Waals surface area contributed by atoms with Gasteiger partial charge in [0.25, 0.3) is 0 Å². The molecule has 1 aliphatic rings. The number of aromatic nitrogens is 2. The van der Waals surface area contributed by atoms with Gasteiger partial charge >= 0.3 is 0 Å². The molecule has 100 valence electrons. The molecule has 0 bridgehead atoms. The van der Waals surface area contributed by atoms with E-state index < -0.39 is 0 Å². The van der Waals surface area contributed by atoms with Gasteiger partial charge in [-0.1, -0.05) is 5.16 Å². The lowest BCUT2D eigenvalue weighted by Gasteiger charge is -2.05. The number of nitrogen functional groups attached to an aromatic ring is 1. The molecule has 2 N–H and O–H groups in total. The number of anilines is 1. The Bertz CT molecular complexity index is 530. The third-order valence-corrected chi connectivity index (χ3v) is 3.34. The monoisotopic (exact) mass is 259 g/mol. The Balaban J connectivity index is 1.63. The van der Waals surface area contributed by atoms with Crippen molar-refractivity contribution in [3.8, 4) is 11.4 Å². The molecule has 19 heavy (non-hydrogen) atoms. The van der Waals surface area contributed by atoms with E-state index in [1.165, 1.54) is 0 Å². The summed E-state index contributed by atoms with van der Waals surface area (Å²) in [5, 5.41) is 3.99. The van der Waals surface area contributed by atoms with Gasteiger partial charge in [0, 0.05) is 24.3 Å². The minimum atomic E-state index is 0.354. The molecule has 0 spiro atoms. The number of rotatable bonds is 4. The third kappa shape index (κ3) is 2.93. The van der Waals surface area contributed by atoms with Gasteiger partial charge in [0.05, 0.1) is 6.10 Å². The Morgan fingerprint density at radius 3 is 2.84 bits per heavy atom. The molecule has 3 rings (SSSR count). The molecule has 0 saturated carbocycles. The smallest absolute Gasteiger partial charge is 0.227 e. The van der Waals surface area contributed by atoms with Gasteiger partial charge < -0.3 is 15.0 Å². The van der Waals surface area contributed by atoms with Gasteiger partial charge in [-0.25, -0.2) is 0 Å². The zero-order valence-electron chi connectivity index (χ0n) is 10.7. The van der Waals surface area contributed by atoms with Crippen molar-refractivity contribution >= 4 is 5.69 Å². The van der Waals surface area contributed by atoms with E-state index in [2.05, 4.69) is 10.1 Å². The van der Waals surface area contributed by atoms with E-state index in [4.69, 9.17) is 15.0 Å². The van der Waals surface area contributed by atoms with Crippen molar-refractivity contribution < 1.29 is 9.26 Å². The molecule has 2 aromatic rings. The fourth-order valence-corrected chi connectivity index (χ4v) is 2.26. The van der Waals surface area contributed by atoms with Crippen molar-refractivity contribution in [1.82, 2.24) is 10.1 Å². The van der Waals surface area contributed by atoms with E-state index in [0.717, 1.165) is 43.5 Å². The largest absolute Gasteiger partial charge is 0.399 e. The van der Waals surface area contributed by atoms with Crippen molar-refractivity contribution in [2.75, 3.05) is 12.3 Å². The normalized spacial score (nSPS) is 18.8. The van der Waals surface area contributed by atoms with Crippen LogP contribution in [-0.2, 0) is 11.2 Å². The molecule has 5 heteroatoms. The van der Waals surface area contributed by atoms with Crippen molar-refractivity contribution in [3.63, 3.8) is 0 Å². The third-order valence-electron chi connectivity index (χ3n) is 3.34. The zero-order chi connectivity index (χ0) is 13.1. The summed E-state index contributed by atoms with van der Waals surface area (Å²) in [7, 11) is 0. The maximum Gasteiger partial charge on any atom is 0.227 e. The number of hydrogen-bond acceptors (Lipinski definition) is 5. The zero-order valence-corrected chi connectivity index (χ0v) is 10.7. The summed E-state index contributed by atoms with van der Waals surface area (Å²) in [4.78, 5) is 4.40. The van der Waals surface area contributed by atoms with Crippen LogP contribution in [0.2, 0.25) is 0 Å². The Hall–Kier alpha value is -1.88. The molecule has 2 heterocycles. The van der Waals surface area contributed by atoms with E-state index in [9.17, 15) is 0 Å². The molecule has 1 unspecified atom stereocenters. The predicted molar refractivity (Wildman–Crippen MR) is 71.4 cm³/mol. The number of nitrogens with zero attached hydrogens (tertiary/aromatic N) is 2. The fourth-order valence-electron chi connectivity index (χ4n) is 2.26. The fraction of sp³-hybridized carbons (Fsp3) is 0.429. The molecular weight excluding hydrogens is 242 g/mol. The highest BCUT2D eigenvalue weighted by Gasteiger charge is 2.17. The van der Waals surface area contributed by atoms with E-state index in [1.807, 2.05) is 24.3 Å². The summed E-state index contributed by atoms with van der Waals surface area (Å²) in [6.45, 7) is 0.880. The highest BCUT2D eigenvalue weighted by Crippen LogP contribution is 2.20. The number of benzene rings is 1. The standard InChI is InChI=1S/C14H17N3O2/c15-11-5-3-10(4-6-11)14-16-13(19-17-14)8-7-12-2-1-9-18-12/h3-6,12H,1-2,7-9,15H2. The maximum absolute atomic E-state index is 5.65. The Morgan fingerprint density at radius 2 is 2.11 bits per heavy atom. The second-order valence-electron chi connectivity index (χ2n) is 4.81. The van der Waals surface area contributed by atoms with Gasteiger partial charge in [0.2, 0.25) is 11.7 Å². The van der Waals surface area contributed by atoms with Crippen LogP contribution in [-0.4, -0.2) is 22.9 Å². The van der Waals surface area contributed by atoms with Gasteiger partial charge in [-0.15, -0.1) is 0 Å². The summed E-state index contributed by atoms with van der Waals surface area (Å²) >= 11 is 0. The van der Waals surface area contributed by atoms with Crippen molar-refractivity contribution in [3.05, 3.63) is 30.2 Å². The molecule has 1 atom stereocenters. The molecule has 1 aromatic carbocycles. The van der Waals surface area contributed by atoms with Crippen molar-refractivity contribution in [2.45, 2.75) is 31.8 Å². The molecule has 0 aliphatic carbocycles. The summed E-state index contributed by atoms with van der Waals surface area (Å²) in [5.41, 5.74) is 7.29. The number of hydrogen-bond donors (Lipinski definition) is 1. The Kier molecular flexibility index (Phi) is 3.46. The molecule has 1 aromatic heterocycles. The minimum absolute atomic E-state index is 0.354. The van der Waals surface area contributed by atoms with Gasteiger partial charge in [0.15, 0.2) is 0 Å². The topological polar surface area (TPSA) is 74.2 Å². The second-order valence-corrected chi connectivity index (χ2v) is 4.81. The number of aryl methyl sites for hydroxylation is 1.